The zero-order chi connectivity index (χ0) is 10.8. The summed E-state index contributed by atoms with van der Waals surface area (Å²) in [6, 6.07) is 5.27. The van der Waals surface area contributed by atoms with Gasteiger partial charge in [-0.1, -0.05) is 6.07 Å². The van der Waals surface area contributed by atoms with E-state index in [0.29, 0.717) is 6.54 Å². The Morgan fingerprint density at radius 1 is 1.47 bits per heavy atom. The molecule has 0 saturated heterocycles. The van der Waals surface area contributed by atoms with Crippen molar-refractivity contribution < 1.29 is 9.90 Å². The van der Waals surface area contributed by atoms with Gasteiger partial charge in [0.25, 0.3) is 0 Å². The molecular formula is C11H14N2O2. The molecule has 4 nitrogen and oxygen atoms in total. The molecule has 0 fully saturated rings. The number of hydrogen-bond donors (Lipinski definition) is 2. The average Bonchev–Trinajstić information content (AvgIpc) is 2.27. The molecule has 0 saturated carbocycles. The van der Waals surface area contributed by atoms with E-state index in [9.17, 15) is 9.90 Å². The molecule has 2 N–H and O–H groups in total. The first-order valence-corrected chi connectivity index (χ1v) is 4.98. The highest BCUT2D eigenvalue weighted by Gasteiger charge is 2.19. The van der Waals surface area contributed by atoms with Crippen LogP contribution in [0.25, 0.3) is 0 Å². The van der Waals surface area contributed by atoms with E-state index in [4.69, 9.17) is 0 Å². The molecule has 1 aliphatic heterocycles. The molecule has 1 aliphatic rings. The highest BCUT2D eigenvalue weighted by molar-refractivity contribution is 5.74. The molecule has 0 spiro atoms. The van der Waals surface area contributed by atoms with Crippen molar-refractivity contribution in [3.05, 3.63) is 29.3 Å². The lowest BCUT2D eigenvalue weighted by atomic mass is 10.00. The number of hydrogen-bond acceptors (Lipinski definition) is 2. The van der Waals surface area contributed by atoms with Crippen LogP contribution in [0.3, 0.4) is 0 Å². The fourth-order valence-electron chi connectivity index (χ4n) is 1.87. The summed E-state index contributed by atoms with van der Waals surface area (Å²) in [6.45, 7) is 1.31. The Kier molecular flexibility index (Phi) is 2.49. The van der Waals surface area contributed by atoms with Crippen molar-refractivity contribution in [2.24, 2.45) is 0 Å². The normalized spacial score (nSPS) is 14.6. The highest BCUT2D eigenvalue weighted by atomic mass is 16.3. The van der Waals surface area contributed by atoms with Crippen LogP contribution in [-0.4, -0.2) is 29.6 Å². The molecule has 0 bridgehead atoms. The minimum atomic E-state index is -0.0657. The van der Waals surface area contributed by atoms with Crippen LogP contribution in [0, 0.1) is 0 Å². The van der Waals surface area contributed by atoms with Crippen molar-refractivity contribution in [3.63, 3.8) is 0 Å². The number of benzene rings is 1. The van der Waals surface area contributed by atoms with E-state index in [0.717, 1.165) is 18.5 Å². The Bertz CT molecular complexity index is 390. The van der Waals surface area contributed by atoms with Crippen LogP contribution in [0.15, 0.2) is 18.2 Å². The van der Waals surface area contributed by atoms with Crippen LogP contribution in [0.5, 0.6) is 5.75 Å². The van der Waals surface area contributed by atoms with Gasteiger partial charge in [0.2, 0.25) is 0 Å². The fraction of sp³-hybridized carbons (Fsp3) is 0.364. The summed E-state index contributed by atoms with van der Waals surface area (Å²) in [4.78, 5) is 13.2. The number of carbonyl (C=O) groups is 1. The molecule has 2 rings (SSSR count). The first kappa shape index (κ1) is 9.83. The number of nitrogens with one attached hydrogen (secondary N) is 1. The summed E-state index contributed by atoms with van der Waals surface area (Å²) >= 11 is 0. The fourth-order valence-corrected chi connectivity index (χ4v) is 1.87. The standard InChI is InChI=1S/C11H14N2O2/c1-12-11(15)13-5-4-8-2-3-10(14)6-9(8)7-13/h2-3,6,14H,4-5,7H2,1H3,(H,12,15). The van der Waals surface area contributed by atoms with Crippen molar-refractivity contribution in [1.29, 1.82) is 0 Å². The van der Waals surface area contributed by atoms with Gasteiger partial charge in [-0.2, -0.15) is 0 Å². The lowest BCUT2D eigenvalue weighted by Crippen LogP contribution is -2.41. The molecule has 0 atom stereocenters. The number of aromatic hydroxyl groups is 1. The smallest absolute Gasteiger partial charge is 0.317 e. The maximum Gasteiger partial charge on any atom is 0.317 e. The molecule has 2 amide bonds. The van der Waals surface area contributed by atoms with Crippen molar-refractivity contribution in [2.75, 3.05) is 13.6 Å². The van der Waals surface area contributed by atoms with Crippen molar-refractivity contribution in [2.45, 2.75) is 13.0 Å². The Morgan fingerprint density at radius 3 is 3.00 bits per heavy atom. The SMILES string of the molecule is CNC(=O)N1CCc2ccc(O)cc2C1. The second-order valence-corrected chi connectivity index (χ2v) is 3.68. The van der Waals surface area contributed by atoms with Gasteiger partial charge in [0.15, 0.2) is 0 Å². The van der Waals surface area contributed by atoms with E-state index >= 15 is 0 Å². The van der Waals surface area contributed by atoms with Crippen LogP contribution in [0.2, 0.25) is 0 Å². The summed E-state index contributed by atoms with van der Waals surface area (Å²) in [7, 11) is 1.63. The van der Waals surface area contributed by atoms with Gasteiger partial charge in [0.1, 0.15) is 5.75 Å². The molecular weight excluding hydrogens is 192 g/mol. The van der Waals surface area contributed by atoms with Gasteiger partial charge >= 0.3 is 6.03 Å². The molecule has 0 radical (unpaired) electrons. The molecule has 1 aromatic rings. The largest absolute Gasteiger partial charge is 0.508 e. The second-order valence-electron chi connectivity index (χ2n) is 3.68. The molecule has 80 valence electrons. The third kappa shape index (κ3) is 1.88. The van der Waals surface area contributed by atoms with Gasteiger partial charge in [0.05, 0.1) is 0 Å². The van der Waals surface area contributed by atoms with Crippen molar-refractivity contribution in [3.8, 4) is 5.75 Å². The number of fused-ring (bicyclic) bond motifs is 1. The van der Waals surface area contributed by atoms with Crippen LogP contribution in [0.1, 0.15) is 11.1 Å². The molecule has 4 heteroatoms. The monoisotopic (exact) mass is 206 g/mol. The number of amides is 2. The zero-order valence-corrected chi connectivity index (χ0v) is 8.66. The Balaban J connectivity index is 2.22. The van der Waals surface area contributed by atoms with Gasteiger partial charge in [-0.3, -0.25) is 0 Å². The molecule has 0 aromatic heterocycles. The van der Waals surface area contributed by atoms with Gasteiger partial charge in [-0.15, -0.1) is 0 Å². The molecule has 1 heterocycles. The molecule has 0 aliphatic carbocycles. The lowest BCUT2D eigenvalue weighted by Gasteiger charge is -2.28. The van der Waals surface area contributed by atoms with E-state index in [1.165, 1.54) is 5.56 Å². The van der Waals surface area contributed by atoms with Crippen LogP contribution < -0.4 is 5.32 Å². The summed E-state index contributed by atoms with van der Waals surface area (Å²) in [5.41, 5.74) is 2.25. The minimum Gasteiger partial charge on any atom is -0.508 e. The number of phenols is 1. The number of rotatable bonds is 0. The first-order valence-electron chi connectivity index (χ1n) is 4.98. The van der Waals surface area contributed by atoms with E-state index in [2.05, 4.69) is 5.32 Å². The number of urea groups is 1. The number of carbonyl (C=O) groups excluding carboxylic acids is 1. The van der Waals surface area contributed by atoms with E-state index < -0.39 is 0 Å². The topological polar surface area (TPSA) is 52.6 Å². The lowest BCUT2D eigenvalue weighted by molar-refractivity contribution is 0.194. The predicted octanol–water partition coefficient (Wildman–Crippen LogP) is 1.09. The van der Waals surface area contributed by atoms with Crippen molar-refractivity contribution >= 4 is 6.03 Å². The third-order valence-electron chi connectivity index (χ3n) is 2.70. The summed E-state index contributed by atoms with van der Waals surface area (Å²) in [5, 5.41) is 12.0. The number of nitrogens with zero attached hydrogens (tertiary/aromatic N) is 1. The maximum absolute atomic E-state index is 11.4. The number of phenolic OH excluding ortho intramolecular Hbond substituents is 1. The van der Waals surface area contributed by atoms with Crippen LogP contribution in [0.4, 0.5) is 4.79 Å². The predicted molar refractivity (Wildman–Crippen MR) is 56.7 cm³/mol. The minimum absolute atomic E-state index is 0.0657. The third-order valence-corrected chi connectivity index (χ3v) is 2.70. The maximum atomic E-state index is 11.4. The highest BCUT2D eigenvalue weighted by Crippen LogP contribution is 2.22. The molecule has 1 aromatic carbocycles. The summed E-state index contributed by atoms with van der Waals surface area (Å²) in [6.07, 6.45) is 0.850. The summed E-state index contributed by atoms with van der Waals surface area (Å²) in [5.74, 6) is 0.257. The van der Waals surface area contributed by atoms with Gasteiger partial charge < -0.3 is 15.3 Å². The Hall–Kier alpha value is -1.71. The molecule has 0 unspecified atom stereocenters. The Labute approximate surface area is 88.5 Å². The Morgan fingerprint density at radius 2 is 2.27 bits per heavy atom. The van der Waals surface area contributed by atoms with Gasteiger partial charge in [-0.05, 0) is 29.7 Å². The van der Waals surface area contributed by atoms with Gasteiger partial charge in [-0.25, -0.2) is 4.79 Å². The molecule has 15 heavy (non-hydrogen) atoms. The zero-order valence-electron chi connectivity index (χ0n) is 8.66. The van der Waals surface area contributed by atoms with E-state index in [-0.39, 0.29) is 11.8 Å². The summed E-state index contributed by atoms with van der Waals surface area (Å²) < 4.78 is 0. The van der Waals surface area contributed by atoms with Crippen LogP contribution in [-0.2, 0) is 13.0 Å². The van der Waals surface area contributed by atoms with Gasteiger partial charge in [0, 0.05) is 20.1 Å². The second kappa shape index (κ2) is 3.81. The van der Waals surface area contributed by atoms with Crippen LogP contribution >= 0.6 is 0 Å². The van der Waals surface area contributed by atoms with E-state index in [1.54, 1.807) is 24.1 Å². The van der Waals surface area contributed by atoms with Crippen molar-refractivity contribution in [1.82, 2.24) is 10.2 Å². The first-order chi connectivity index (χ1) is 7.20. The average molecular weight is 206 g/mol. The quantitative estimate of drug-likeness (QED) is 0.667. The van der Waals surface area contributed by atoms with E-state index in [1.807, 2.05) is 6.07 Å².